The minimum Gasteiger partial charge on any atom is -0.392 e. The largest absolute Gasteiger partial charge is 0.432 e. The molecule has 0 amide bonds. The van der Waals surface area contributed by atoms with Crippen LogP contribution < -0.4 is 16.1 Å². The number of rotatable bonds is 3. The van der Waals surface area contributed by atoms with Gasteiger partial charge >= 0.3 is 6.18 Å². The van der Waals surface area contributed by atoms with E-state index in [2.05, 4.69) is 10.6 Å². The second-order valence-corrected chi connectivity index (χ2v) is 7.97. The van der Waals surface area contributed by atoms with Crippen molar-refractivity contribution in [2.24, 2.45) is 0 Å². The molecule has 5 N–H and O–H groups in total. The zero-order chi connectivity index (χ0) is 22.0. The maximum Gasteiger partial charge on any atom is 0.432 e. The molecule has 3 aliphatic rings. The van der Waals surface area contributed by atoms with E-state index >= 15 is 0 Å². The van der Waals surface area contributed by atoms with E-state index in [0.29, 0.717) is 46.9 Å². The number of nitrogens with one attached hydrogen (secondary N) is 3. The molecule has 1 fully saturated rings. The highest BCUT2D eigenvalue weighted by atomic mass is 19.4. The number of benzene rings is 1. The summed E-state index contributed by atoms with van der Waals surface area (Å²) >= 11 is 0. The molecule has 0 saturated carbocycles. The van der Waals surface area contributed by atoms with Crippen LogP contribution in [0.2, 0.25) is 0 Å². The number of hydrogen-bond acceptors (Lipinski definition) is 7. The van der Waals surface area contributed by atoms with Gasteiger partial charge in [-0.25, -0.2) is 0 Å². The minimum atomic E-state index is -4.62. The number of ether oxygens (including phenoxy) is 1. The minimum absolute atomic E-state index is 0.185. The molecule has 0 spiro atoms. The third-order valence-electron chi connectivity index (χ3n) is 5.85. The highest BCUT2D eigenvalue weighted by Crippen LogP contribution is 2.38. The molecule has 4 rings (SSSR count). The summed E-state index contributed by atoms with van der Waals surface area (Å²) in [6.07, 6.45) is -0.703. The standard InChI is InChI=1S/C21H27F3N4O3/c22-21(23,24)19-9-13-3-2-8-31-12-17-15(20(13)28(30)27-19)5-6-18(16(17)11-29)26-14-4-1-7-25-10-14/h5-6,9,14,25-27,29-30H,1-4,7-8,10-12H2/t14-/m1/s1. The van der Waals surface area contributed by atoms with E-state index in [9.17, 15) is 23.5 Å². The Balaban J connectivity index is 1.79. The second kappa shape index (κ2) is 9.07. The summed E-state index contributed by atoms with van der Waals surface area (Å²) in [5, 5.41) is 27.9. The van der Waals surface area contributed by atoms with E-state index in [1.54, 1.807) is 12.1 Å². The van der Waals surface area contributed by atoms with Gasteiger partial charge in [-0.15, -0.1) is 0 Å². The highest BCUT2D eigenvalue weighted by Gasteiger charge is 2.38. The number of halogens is 3. The lowest BCUT2D eigenvalue weighted by Gasteiger charge is -2.32. The predicted octanol–water partition coefficient (Wildman–Crippen LogP) is 3.02. The number of alkyl halides is 3. The first-order valence-corrected chi connectivity index (χ1v) is 10.5. The van der Waals surface area contributed by atoms with Crippen LogP contribution in [0.15, 0.2) is 29.5 Å². The summed E-state index contributed by atoms with van der Waals surface area (Å²) in [6, 6.07) is 3.78. The first-order chi connectivity index (χ1) is 14.9. The van der Waals surface area contributed by atoms with Gasteiger partial charge in [0.1, 0.15) is 5.70 Å². The smallest absolute Gasteiger partial charge is 0.392 e. The molecule has 7 nitrogen and oxygen atoms in total. The van der Waals surface area contributed by atoms with Crippen LogP contribution in [0.4, 0.5) is 18.9 Å². The molecule has 0 aliphatic carbocycles. The van der Waals surface area contributed by atoms with E-state index in [1.165, 1.54) is 0 Å². The van der Waals surface area contributed by atoms with Gasteiger partial charge in [-0.2, -0.15) is 18.3 Å². The van der Waals surface area contributed by atoms with Gasteiger partial charge < -0.3 is 20.5 Å². The fraction of sp³-hybridized carbons (Fsp3) is 0.524. The van der Waals surface area contributed by atoms with Crippen molar-refractivity contribution in [3.05, 3.63) is 46.2 Å². The quantitative estimate of drug-likeness (QED) is 0.494. The molecular weight excluding hydrogens is 413 g/mol. The first-order valence-electron chi connectivity index (χ1n) is 10.5. The van der Waals surface area contributed by atoms with Crippen LogP contribution in [0.1, 0.15) is 42.4 Å². The molecule has 0 bridgehead atoms. The van der Waals surface area contributed by atoms with Gasteiger partial charge in [0.15, 0.2) is 0 Å². The van der Waals surface area contributed by atoms with Crippen LogP contribution in [-0.4, -0.2) is 47.4 Å². The number of anilines is 1. The summed E-state index contributed by atoms with van der Waals surface area (Å²) in [4.78, 5) is 0. The molecule has 10 heteroatoms. The molecule has 1 saturated heterocycles. The summed E-state index contributed by atoms with van der Waals surface area (Å²) in [7, 11) is 0. The number of allylic oxidation sites excluding steroid dienone is 3. The Morgan fingerprint density at radius 2 is 2.10 bits per heavy atom. The zero-order valence-corrected chi connectivity index (χ0v) is 17.1. The molecule has 170 valence electrons. The van der Waals surface area contributed by atoms with Crippen molar-refractivity contribution in [2.45, 2.75) is 51.1 Å². The van der Waals surface area contributed by atoms with Gasteiger partial charge in [-0.3, -0.25) is 10.6 Å². The average Bonchev–Trinajstić information content (AvgIpc) is 2.82. The maximum atomic E-state index is 13.3. The number of hydrogen-bond donors (Lipinski definition) is 5. The van der Waals surface area contributed by atoms with Crippen LogP contribution in [-0.2, 0) is 18.0 Å². The predicted molar refractivity (Wildman–Crippen MR) is 109 cm³/mol. The fourth-order valence-electron chi connectivity index (χ4n) is 4.33. The number of hydroxylamine groups is 1. The SMILES string of the molecule is OCc1c(N[C@@H]2CCCNC2)ccc2c1COCCCC1=C2N(O)NC(C(F)(F)F)=C1. The van der Waals surface area contributed by atoms with Crippen molar-refractivity contribution in [3.8, 4) is 0 Å². The fourth-order valence-corrected chi connectivity index (χ4v) is 4.33. The molecule has 1 aromatic carbocycles. The highest BCUT2D eigenvalue weighted by molar-refractivity contribution is 5.76. The van der Waals surface area contributed by atoms with Crippen molar-refractivity contribution < 1.29 is 28.2 Å². The molecule has 1 atom stereocenters. The molecular formula is C21H27F3N4O3. The van der Waals surface area contributed by atoms with Crippen LogP contribution >= 0.6 is 0 Å². The van der Waals surface area contributed by atoms with Gasteiger partial charge in [0, 0.05) is 36.0 Å². The van der Waals surface area contributed by atoms with Crippen molar-refractivity contribution in [3.63, 3.8) is 0 Å². The Labute approximate surface area is 178 Å². The van der Waals surface area contributed by atoms with Crippen molar-refractivity contribution in [2.75, 3.05) is 25.0 Å². The molecule has 0 radical (unpaired) electrons. The molecule has 3 heterocycles. The molecule has 0 unspecified atom stereocenters. The zero-order valence-electron chi connectivity index (χ0n) is 17.1. The van der Waals surface area contributed by atoms with Crippen molar-refractivity contribution in [1.82, 2.24) is 15.9 Å². The van der Waals surface area contributed by atoms with Gasteiger partial charge in [-0.05, 0) is 55.5 Å². The maximum absolute atomic E-state index is 13.3. The Hall–Kier alpha value is -2.27. The van der Waals surface area contributed by atoms with E-state index in [0.717, 1.165) is 37.7 Å². The summed E-state index contributed by atoms with van der Waals surface area (Å²) in [5.41, 5.74) is 4.16. The van der Waals surface area contributed by atoms with Gasteiger partial charge in [0.25, 0.3) is 0 Å². The van der Waals surface area contributed by atoms with Crippen LogP contribution in [0.3, 0.4) is 0 Å². The monoisotopic (exact) mass is 440 g/mol. The van der Waals surface area contributed by atoms with Gasteiger partial charge in [-0.1, -0.05) is 6.07 Å². The Morgan fingerprint density at radius 1 is 1.26 bits per heavy atom. The lowest BCUT2D eigenvalue weighted by molar-refractivity contribution is -0.132. The summed E-state index contributed by atoms with van der Waals surface area (Å²) in [6.45, 7) is 2.07. The summed E-state index contributed by atoms with van der Waals surface area (Å²) in [5.74, 6) is 0. The Bertz CT molecular complexity index is 879. The topological polar surface area (TPSA) is 89.0 Å². The third-order valence-corrected chi connectivity index (χ3v) is 5.85. The lowest BCUT2D eigenvalue weighted by atomic mass is 9.93. The van der Waals surface area contributed by atoms with Crippen LogP contribution in [0.25, 0.3) is 5.70 Å². The third kappa shape index (κ3) is 4.67. The van der Waals surface area contributed by atoms with E-state index in [4.69, 9.17) is 4.74 Å². The van der Waals surface area contributed by atoms with Gasteiger partial charge in [0.05, 0.1) is 18.9 Å². The average molecular weight is 440 g/mol. The molecule has 3 aliphatic heterocycles. The van der Waals surface area contributed by atoms with Crippen LogP contribution in [0, 0.1) is 0 Å². The molecule has 0 aromatic heterocycles. The number of hydrazine groups is 1. The molecule has 31 heavy (non-hydrogen) atoms. The summed E-state index contributed by atoms with van der Waals surface area (Å²) < 4.78 is 45.6. The van der Waals surface area contributed by atoms with Crippen LogP contribution in [0.5, 0.6) is 0 Å². The van der Waals surface area contributed by atoms with E-state index in [1.807, 2.05) is 5.43 Å². The number of aliphatic hydroxyl groups excluding tert-OH is 1. The molecule has 1 aromatic rings. The number of fused-ring (bicyclic) bond motifs is 2. The lowest BCUT2D eigenvalue weighted by Crippen LogP contribution is -2.41. The van der Waals surface area contributed by atoms with E-state index in [-0.39, 0.29) is 25.0 Å². The van der Waals surface area contributed by atoms with E-state index < -0.39 is 11.9 Å². The van der Waals surface area contributed by atoms with Crippen molar-refractivity contribution in [1.29, 1.82) is 0 Å². The Morgan fingerprint density at radius 3 is 2.81 bits per heavy atom. The first kappa shape index (κ1) is 21.9. The number of nitrogens with zero attached hydrogens (tertiary/aromatic N) is 1. The Kier molecular flexibility index (Phi) is 6.42. The normalized spacial score (nSPS) is 22.4. The number of piperidine rings is 1. The van der Waals surface area contributed by atoms with Crippen molar-refractivity contribution >= 4 is 11.4 Å². The number of aliphatic hydroxyl groups is 1. The second-order valence-electron chi connectivity index (χ2n) is 7.97. The van der Waals surface area contributed by atoms with Gasteiger partial charge in [0.2, 0.25) is 0 Å².